The largest absolute Gasteiger partial charge is 0.482 e. The van der Waals surface area contributed by atoms with E-state index < -0.39 is 30.2 Å². The zero-order chi connectivity index (χ0) is 23.0. The number of amides is 2. The summed E-state index contributed by atoms with van der Waals surface area (Å²) in [6.07, 6.45) is -0.0918. The van der Waals surface area contributed by atoms with Gasteiger partial charge in [-0.25, -0.2) is 9.18 Å². The number of carbonyl (C=O) groups is 3. The highest BCUT2D eigenvalue weighted by molar-refractivity contribution is 5.95. The van der Waals surface area contributed by atoms with Crippen LogP contribution in [0.3, 0.4) is 0 Å². The Labute approximate surface area is 180 Å². The fourth-order valence-electron chi connectivity index (χ4n) is 2.88. The van der Waals surface area contributed by atoms with Crippen LogP contribution in [0.5, 0.6) is 5.75 Å². The number of hydrogen-bond acceptors (Lipinski definition) is 5. The van der Waals surface area contributed by atoms with E-state index in [9.17, 15) is 18.8 Å². The number of rotatable bonds is 10. The van der Waals surface area contributed by atoms with Crippen molar-refractivity contribution in [1.82, 2.24) is 0 Å². The number of halogens is 1. The molecule has 2 amide bonds. The number of benzene rings is 2. The first kappa shape index (κ1) is 23.9. The van der Waals surface area contributed by atoms with Gasteiger partial charge < -0.3 is 20.1 Å². The number of hydrogen-bond donors (Lipinski definition) is 1. The Balaban J connectivity index is 1.97. The molecule has 0 radical (unpaired) electrons. The monoisotopic (exact) mass is 430 g/mol. The molecule has 0 spiro atoms. The smallest absolute Gasteiger partial charge is 0.344 e. The molecule has 0 unspecified atom stereocenters. The molecule has 2 aromatic carbocycles. The predicted molar refractivity (Wildman–Crippen MR) is 114 cm³/mol. The Bertz CT molecular complexity index is 928. The van der Waals surface area contributed by atoms with E-state index in [2.05, 4.69) is 0 Å². The third kappa shape index (κ3) is 7.40. The molecular weight excluding hydrogens is 403 g/mol. The number of nitrogens with zero attached hydrogens (tertiary/aromatic N) is 1. The normalized spacial score (nSPS) is 10.6. The first-order valence-corrected chi connectivity index (χ1v) is 9.90. The molecule has 0 aliphatic rings. The van der Waals surface area contributed by atoms with Gasteiger partial charge in [0.25, 0.3) is 5.91 Å². The number of anilines is 1. The van der Waals surface area contributed by atoms with Crippen molar-refractivity contribution < 1.29 is 28.2 Å². The second-order valence-corrected chi connectivity index (χ2v) is 7.38. The fourth-order valence-corrected chi connectivity index (χ4v) is 2.88. The van der Waals surface area contributed by atoms with Crippen molar-refractivity contribution in [3.8, 4) is 5.75 Å². The van der Waals surface area contributed by atoms with Gasteiger partial charge in [0.05, 0.1) is 0 Å². The summed E-state index contributed by atoms with van der Waals surface area (Å²) in [5.74, 6) is -1.54. The number of primary amides is 1. The molecule has 0 aliphatic carbocycles. The molecule has 0 saturated carbocycles. The zero-order valence-corrected chi connectivity index (χ0v) is 17.9. The van der Waals surface area contributed by atoms with Crippen LogP contribution in [0.1, 0.15) is 37.3 Å². The van der Waals surface area contributed by atoms with E-state index in [0.717, 1.165) is 11.1 Å². The Morgan fingerprint density at radius 2 is 1.74 bits per heavy atom. The lowest BCUT2D eigenvalue weighted by Gasteiger charge is -2.22. The number of esters is 1. The van der Waals surface area contributed by atoms with E-state index in [1.54, 1.807) is 0 Å². The first-order valence-electron chi connectivity index (χ1n) is 9.90. The molecule has 2 aromatic rings. The number of nitrogens with two attached hydrogens (primary N) is 1. The first-order chi connectivity index (χ1) is 14.7. The number of ether oxygens (including phenoxy) is 2. The molecular formula is C23H27FN2O5. The van der Waals surface area contributed by atoms with E-state index in [-0.39, 0.29) is 25.5 Å². The summed E-state index contributed by atoms with van der Waals surface area (Å²) < 4.78 is 23.8. The van der Waals surface area contributed by atoms with Gasteiger partial charge >= 0.3 is 5.97 Å². The summed E-state index contributed by atoms with van der Waals surface area (Å²) in [5.41, 5.74) is 7.48. The van der Waals surface area contributed by atoms with Gasteiger partial charge in [0.2, 0.25) is 5.91 Å². The molecule has 0 fully saturated rings. The van der Waals surface area contributed by atoms with Gasteiger partial charge in [-0.1, -0.05) is 26.0 Å². The summed E-state index contributed by atoms with van der Waals surface area (Å²) in [5, 5.41) is 0. The van der Waals surface area contributed by atoms with Crippen molar-refractivity contribution in [1.29, 1.82) is 0 Å². The van der Waals surface area contributed by atoms with Gasteiger partial charge in [-0.05, 0) is 54.3 Å². The molecule has 166 valence electrons. The summed E-state index contributed by atoms with van der Waals surface area (Å²) >= 11 is 0. The van der Waals surface area contributed by atoms with Crippen LogP contribution in [0.25, 0.3) is 0 Å². The lowest BCUT2D eigenvalue weighted by Crippen LogP contribution is -2.37. The Hall–Kier alpha value is -3.42. The second kappa shape index (κ2) is 11.1. The van der Waals surface area contributed by atoms with Crippen molar-refractivity contribution >= 4 is 23.5 Å². The number of carbonyl (C=O) groups excluding carboxylic acids is 3. The van der Waals surface area contributed by atoms with E-state index in [4.69, 9.17) is 15.2 Å². The SMILES string of the molecule is Cc1ccc(C(C)C)c(OCC(=O)OCC(=O)N(CCC(N)=O)c2ccc(F)cc2)c1. The summed E-state index contributed by atoms with van der Waals surface area (Å²) in [4.78, 5) is 37.0. The minimum Gasteiger partial charge on any atom is -0.482 e. The standard InChI is InChI=1S/C23H27FN2O5/c1-15(2)19-9-4-16(3)12-20(19)30-14-23(29)31-13-22(28)26(11-10-21(25)27)18-7-5-17(24)6-8-18/h4-9,12,15H,10-11,13-14H2,1-3H3,(H2,25,27). The highest BCUT2D eigenvalue weighted by Gasteiger charge is 2.19. The lowest BCUT2D eigenvalue weighted by molar-refractivity contribution is -0.149. The van der Waals surface area contributed by atoms with Crippen LogP contribution < -0.4 is 15.4 Å². The van der Waals surface area contributed by atoms with E-state index in [0.29, 0.717) is 11.4 Å². The minimum atomic E-state index is -0.710. The molecule has 0 saturated heterocycles. The molecule has 0 aromatic heterocycles. The summed E-state index contributed by atoms with van der Waals surface area (Å²) in [6.45, 7) is 5.03. The maximum atomic E-state index is 13.2. The van der Waals surface area contributed by atoms with Crippen LogP contribution in [0.2, 0.25) is 0 Å². The van der Waals surface area contributed by atoms with E-state index in [1.165, 1.54) is 29.2 Å². The summed E-state index contributed by atoms with van der Waals surface area (Å²) in [7, 11) is 0. The van der Waals surface area contributed by atoms with E-state index in [1.807, 2.05) is 39.0 Å². The lowest BCUT2D eigenvalue weighted by atomic mass is 10.0. The maximum absolute atomic E-state index is 13.2. The average molecular weight is 430 g/mol. The summed E-state index contributed by atoms with van der Waals surface area (Å²) in [6, 6.07) is 10.9. The third-order valence-corrected chi connectivity index (χ3v) is 4.51. The molecule has 8 heteroatoms. The van der Waals surface area contributed by atoms with Crippen LogP contribution in [-0.2, 0) is 19.1 Å². The van der Waals surface area contributed by atoms with Crippen LogP contribution in [0.4, 0.5) is 10.1 Å². The topological polar surface area (TPSA) is 98.9 Å². The molecule has 0 bridgehead atoms. The third-order valence-electron chi connectivity index (χ3n) is 4.51. The Morgan fingerprint density at radius 1 is 1.06 bits per heavy atom. The van der Waals surface area contributed by atoms with Crippen molar-refractivity contribution in [2.24, 2.45) is 5.73 Å². The fraction of sp³-hybridized carbons (Fsp3) is 0.348. The van der Waals surface area contributed by atoms with Crippen LogP contribution >= 0.6 is 0 Å². The van der Waals surface area contributed by atoms with Gasteiger partial charge in [-0.15, -0.1) is 0 Å². The van der Waals surface area contributed by atoms with Crippen LogP contribution in [-0.4, -0.2) is 37.5 Å². The average Bonchev–Trinajstić information content (AvgIpc) is 2.71. The molecule has 31 heavy (non-hydrogen) atoms. The van der Waals surface area contributed by atoms with E-state index >= 15 is 0 Å². The highest BCUT2D eigenvalue weighted by atomic mass is 19.1. The Morgan fingerprint density at radius 3 is 2.35 bits per heavy atom. The minimum absolute atomic E-state index is 0.0190. The Kier molecular flexibility index (Phi) is 8.54. The maximum Gasteiger partial charge on any atom is 0.344 e. The van der Waals surface area contributed by atoms with Gasteiger partial charge in [-0.3, -0.25) is 9.59 Å². The second-order valence-electron chi connectivity index (χ2n) is 7.38. The van der Waals surface area contributed by atoms with Crippen molar-refractivity contribution in [2.75, 3.05) is 24.7 Å². The van der Waals surface area contributed by atoms with Gasteiger partial charge in [0.15, 0.2) is 13.2 Å². The molecule has 0 atom stereocenters. The molecule has 2 N–H and O–H groups in total. The zero-order valence-electron chi connectivity index (χ0n) is 17.9. The predicted octanol–water partition coefficient (Wildman–Crippen LogP) is 3.09. The van der Waals surface area contributed by atoms with Gasteiger partial charge in [-0.2, -0.15) is 0 Å². The van der Waals surface area contributed by atoms with Crippen LogP contribution in [0.15, 0.2) is 42.5 Å². The molecule has 2 rings (SSSR count). The van der Waals surface area contributed by atoms with Crippen molar-refractivity contribution in [2.45, 2.75) is 33.1 Å². The highest BCUT2D eigenvalue weighted by Crippen LogP contribution is 2.27. The van der Waals surface area contributed by atoms with Crippen molar-refractivity contribution in [3.63, 3.8) is 0 Å². The quantitative estimate of drug-likeness (QED) is 0.584. The van der Waals surface area contributed by atoms with Crippen molar-refractivity contribution in [3.05, 3.63) is 59.4 Å². The van der Waals surface area contributed by atoms with Crippen LogP contribution in [0, 0.1) is 12.7 Å². The van der Waals surface area contributed by atoms with Gasteiger partial charge in [0, 0.05) is 18.7 Å². The number of aryl methyl sites for hydroxylation is 1. The van der Waals surface area contributed by atoms with Gasteiger partial charge in [0.1, 0.15) is 11.6 Å². The molecule has 0 aliphatic heterocycles. The molecule has 0 heterocycles. The molecule has 7 nitrogen and oxygen atoms in total.